The summed E-state index contributed by atoms with van der Waals surface area (Å²) in [6.07, 6.45) is 0.487. The van der Waals surface area contributed by atoms with Gasteiger partial charge in [0.1, 0.15) is 12.6 Å². The Morgan fingerprint density at radius 3 is 2.79 bits per heavy atom. The molecule has 0 spiro atoms. The first-order chi connectivity index (χ1) is 9.02. The van der Waals surface area contributed by atoms with Crippen molar-refractivity contribution in [3.05, 3.63) is 30.1 Å². The van der Waals surface area contributed by atoms with E-state index in [-0.39, 0.29) is 18.6 Å². The molecular weight excluding hydrogens is 248 g/mol. The van der Waals surface area contributed by atoms with Gasteiger partial charge in [0.05, 0.1) is 5.69 Å². The van der Waals surface area contributed by atoms with Crippen LogP contribution < -0.4 is 0 Å². The minimum atomic E-state index is -1.09. The zero-order valence-corrected chi connectivity index (χ0v) is 10.8. The van der Waals surface area contributed by atoms with E-state index in [4.69, 9.17) is 4.74 Å². The molecule has 1 N–H and O–H groups in total. The first-order valence-corrected chi connectivity index (χ1v) is 6.09. The van der Waals surface area contributed by atoms with E-state index in [0.29, 0.717) is 5.69 Å². The fraction of sp³-hybridized carbons (Fsp3) is 0.462. The third-order valence-electron chi connectivity index (χ3n) is 3.05. The molecule has 0 aliphatic carbocycles. The largest absolute Gasteiger partial charge is 0.479 e. The fourth-order valence-electron chi connectivity index (χ4n) is 2.29. The number of carboxylic acid groups (broad SMARTS) is 1. The van der Waals surface area contributed by atoms with Gasteiger partial charge in [0.2, 0.25) is 5.91 Å². The van der Waals surface area contributed by atoms with Gasteiger partial charge in [0, 0.05) is 12.2 Å². The average molecular weight is 264 g/mol. The SMILES string of the molecule is CC(C)N1C(=O)COC(C(=O)O)C1c1ccccn1. The Labute approximate surface area is 111 Å². The molecule has 19 heavy (non-hydrogen) atoms. The lowest BCUT2D eigenvalue weighted by atomic mass is 10.0. The van der Waals surface area contributed by atoms with Crippen LogP contribution in [0.4, 0.5) is 0 Å². The predicted molar refractivity (Wildman–Crippen MR) is 66.3 cm³/mol. The van der Waals surface area contributed by atoms with Gasteiger partial charge in [0.15, 0.2) is 6.10 Å². The van der Waals surface area contributed by atoms with Crippen molar-refractivity contribution >= 4 is 11.9 Å². The van der Waals surface area contributed by atoms with Gasteiger partial charge in [0.25, 0.3) is 0 Å². The number of ether oxygens (including phenoxy) is 1. The zero-order chi connectivity index (χ0) is 14.0. The molecule has 2 heterocycles. The molecule has 0 radical (unpaired) electrons. The van der Waals surface area contributed by atoms with Crippen LogP contribution in [0, 0.1) is 0 Å². The maximum atomic E-state index is 12.0. The number of hydrogen-bond acceptors (Lipinski definition) is 4. The highest BCUT2D eigenvalue weighted by Crippen LogP contribution is 2.30. The summed E-state index contributed by atoms with van der Waals surface area (Å²) in [5.41, 5.74) is 0.525. The van der Waals surface area contributed by atoms with Gasteiger partial charge >= 0.3 is 5.97 Å². The van der Waals surface area contributed by atoms with Crippen molar-refractivity contribution < 1.29 is 19.4 Å². The predicted octanol–water partition coefficient (Wildman–Crippen LogP) is 0.843. The Balaban J connectivity index is 2.44. The van der Waals surface area contributed by atoms with Crippen LogP contribution in [0.5, 0.6) is 0 Å². The van der Waals surface area contributed by atoms with Crippen LogP contribution in [0.25, 0.3) is 0 Å². The summed E-state index contributed by atoms with van der Waals surface area (Å²) in [6, 6.07) is 4.39. The van der Waals surface area contributed by atoms with Gasteiger partial charge in [-0.1, -0.05) is 6.07 Å². The molecule has 2 rings (SSSR count). The number of pyridine rings is 1. The number of rotatable bonds is 3. The number of morpholine rings is 1. The number of hydrogen-bond donors (Lipinski definition) is 1. The van der Waals surface area contributed by atoms with Crippen molar-refractivity contribution in [1.82, 2.24) is 9.88 Å². The first-order valence-electron chi connectivity index (χ1n) is 6.09. The van der Waals surface area contributed by atoms with Gasteiger partial charge in [-0.25, -0.2) is 4.79 Å². The van der Waals surface area contributed by atoms with Crippen LogP contribution in [-0.2, 0) is 14.3 Å². The lowest BCUT2D eigenvalue weighted by molar-refractivity contribution is -0.175. The Kier molecular flexibility index (Phi) is 3.80. The molecule has 1 aromatic rings. The number of amides is 1. The Morgan fingerprint density at radius 2 is 2.26 bits per heavy atom. The second-order valence-electron chi connectivity index (χ2n) is 4.66. The average Bonchev–Trinajstić information content (AvgIpc) is 2.38. The van der Waals surface area contributed by atoms with Gasteiger partial charge in [-0.15, -0.1) is 0 Å². The van der Waals surface area contributed by atoms with Crippen molar-refractivity contribution in [2.75, 3.05) is 6.61 Å². The molecule has 1 saturated heterocycles. The minimum absolute atomic E-state index is 0.120. The van der Waals surface area contributed by atoms with Crippen LogP contribution >= 0.6 is 0 Å². The number of nitrogens with zero attached hydrogens (tertiary/aromatic N) is 2. The molecule has 1 aliphatic rings. The van der Waals surface area contributed by atoms with Crippen molar-refractivity contribution in [3.8, 4) is 0 Å². The molecule has 6 heteroatoms. The smallest absolute Gasteiger partial charge is 0.335 e. The summed E-state index contributed by atoms with van der Waals surface area (Å²) < 4.78 is 5.17. The van der Waals surface area contributed by atoms with Crippen LogP contribution in [0.15, 0.2) is 24.4 Å². The van der Waals surface area contributed by atoms with Crippen LogP contribution in [0.3, 0.4) is 0 Å². The quantitative estimate of drug-likeness (QED) is 0.875. The third kappa shape index (κ3) is 2.58. The summed E-state index contributed by atoms with van der Waals surface area (Å²) >= 11 is 0. The van der Waals surface area contributed by atoms with Gasteiger partial charge in [-0.2, -0.15) is 0 Å². The molecule has 1 aromatic heterocycles. The van der Waals surface area contributed by atoms with E-state index in [1.165, 1.54) is 4.90 Å². The highest BCUT2D eigenvalue weighted by Gasteiger charge is 2.43. The number of carboxylic acids is 1. The van der Waals surface area contributed by atoms with E-state index in [0.717, 1.165) is 0 Å². The molecule has 0 saturated carbocycles. The van der Waals surface area contributed by atoms with E-state index in [9.17, 15) is 14.7 Å². The highest BCUT2D eigenvalue weighted by molar-refractivity contribution is 5.83. The van der Waals surface area contributed by atoms with Crippen molar-refractivity contribution in [1.29, 1.82) is 0 Å². The van der Waals surface area contributed by atoms with Crippen molar-refractivity contribution in [3.63, 3.8) is 0 Å². The normalized spacial score (nSPS) is 23.7. The topological polar surface area (TPSA) is 79.7 Å². The van der Waals surface area contributed by atoms with E-state index in [1.807, 2.05) is 13.8 Å². The monoisotopic (exact) mass is 264 g/mol. The summed E-state index contributed by atoms with van der Waals surface area (Å²) in [6.45, 7) is 3.48. The molecule has 1 fully saturated rings. The molecule has 102 valence electrons. The lowest BCUT2D eigenvalue weighted by Crippen LogP contribution is -2.54. The maximum absolute atomic E-state index is 12.0. The van der Waals surface area contributed by atoms with Crippen LogP contribution in [-0.4, -0.2) is 45.6 Å². The van der Waals surface area contributed by atoms with Crippen molar-refractivity contribution in [2.45, 2.75) is 32.0 Å². The number of carbonyl (C=O) groups is 2. The number of aliphatic carboxylic acids is 1. The van der Waals surface area contributed by atoms with Crippen LogP contribution in [0.2, 0.25) is 0 Å². The second kappa shape index (κ2) is 5.36. The molecule has 0 bridgehead atoms. The lowest BCUT2D eigenvalue weighted by Gasteiger charge is -2.41. The summed E-state index contributed by atoms with van der Waals surface area (Å²) in [4.78, 5) is 29.0. The van der Waals surface area contributed by atoms with E-state index in [2.05, 4.69) is 4.98 Å². The standard InChI is InChI=1S/C13H16N2O4/c1-8(2)15-10(16)7-19-12(13(17)18)11(15)9-5-3-4-6-14-9/h3-6,8,11-12H,7H2,1-2H3,(H,17,18). The molecular formula is C13H16N2O4. The molecule has 2 atom stereocenters. The summed E-state index contributed by atoms with van der Waals surface area (Å²) in [7, 11) is 0. The number of aromatic nitrogens is 1. The van der Waals surface area contributed by atoms with Crippen molar-refractivity contribution in [2.24, 2.45) is 0 Å². The van der Waals surface area contributed by atoms with E-state index in [1.54, 1.807) is 24.4 Å². The molecule has 0 aromatic carbocycles. The zero-order valence-electron chi connectivity index (χ0n) is 10.8. The Bertz CT molecular complexity index is 475. The number of carbonyl (C=O) groups excluding carboxylic acids is 1. The summed E-state index contributed by atoms with van der Waals surface area (Å²) in [5.74, 6) is -1.31. The van der Waals surface area contributed by atoms with Gasteiger partial charge in [-0.3, -0.25) is 9.78 Å². The Hall–Kier alpha value is -1.95. The maximum Gasteiger partial charge on any atom is 0.335 e. The minimum Gasteiger partial charge on any atom is -0.479 e. The summed E-state index contributed by atoms with van der Waals surface area (Å²) in [5, 5.41) is 9.27. The third-order valence-corrected chi connectivity index (χ3v) is 3.05. The van der Waals surface area contributed by atoms with E-state index < -0.39 is 18.1 Å². The van der Waals surface area contributed by atoms with Gasteiger partial charge < -0.3 is 14.7 Å². The molecule has 1 amide bonds. The van der Waals surface area contributed by atoms with Crippen LogP contribution in [0.1, 0.15) is 25.6 Å². The molecule has 2 unspecified atom stereocenters. The molecule has 1 aliphatic heterocycles. The molecule has 6 nitrogen and oxygen atoms in total. The Morgan fingerprint density at radius 1 is 1.53 bits per heavy atom. The fourth-order valence-corrected chi connectivity index (χ4v) is 2.29. The first kappa shape index (κ1) is 13.5. The second-order valence-corrected chi connectivity index (χ2v) is 4.66. The van der Waals surface area contributed by atoms with E-state index >= 15 is 0 Å². The van der Waals surface area contributed by atoms with Gasteiger partial charge in [-0.05, 0) is 26.0 Å². The highest BCUT2D eigenvalue weighted by atomic mass is 16.5.